The first-order chi connectivity index (χ1) is 9.34. The summed E-state index contributed by atoms with van der Waals surface area (Å²) in [4.78, 5) is 22.9. The van der Waals surface area contributed by atoms with Gasteiger partial charge in [0, 0.05) is 6.04 Å². The lowest BCUT2D eigenvalue weighted by molar-refractivity contribution is -0.125. The van der Waals surface area contributed by atoms with E-state index in [2.05, 4.69) is 5.32 Å². The molecule has 1 amide bonds. The third kappa shape index (κ3) is 2.50. The fraction of sp³-hybridized carbons (Fsp3) is 0.385. The lowest BCUT2D eigenvalue weighted by Gasteiger charge is -2.25. The summed E-state index contributed by atoms with van der Waals surface area (Å²) in [7, 11) is 0. The van der Waals surface area contributed by atoms with Gasteiger partial charge < -0.3 is 20.9 Å². The lowest BCUT2D eigenvalue weighted by Crippen LogP contribution is -2.47. The highest BCUT2D eigenvalue weighted by Gasteiger charge is 2.44. The van der Waals surface area contributed by atoms with Crippen LogP contribution in [0.5, 0.6) is 0 Å². The topological polar surface area (TPSA) is 102 Å². The van der Waals surface area contributed by atoms with E-state index in [0.717, 1.165) is 6.07 Å². The quantitative estimate of drug-likeness (QED) is 0.762. The van der Waals surface area contributed by atoms with E-state index < -0.39 is 29.2 Å². The van der Waals surface area contributed by atoms with Crippen LogP contribution in [0.15, 0.2) is 18.2 Å². The number of carbonyl (C=O) groups is 2. The summed E-state index contributed by atoms with van der Waals surface area (Å²) in [6.07, 6.45) is 0. The maximum atomic E-state index is 13.7. The number of nitrogens with two attached hydrogens (primary N) is 1. The molecule has 7 heteroatoms. The second-order valence-corrected chi connectivity index (χ2v) is 4.99. The number of halogens is 1. The third-order valence-corrected chi connectivity index (χ3v) is 3.50. The molecule has 1 aromatic carbocycles. The highest BCUT2D eigenvalue weighted by molar-refractivity contribution is 5.96. The molecule has 1 heterocycles. The summed E-state index contributed by atoms with van der Waals surface area (Å²) in [6, 6.07) is 2.81. The molecule has 6 nitrogen and oxygen atoms in total. The van der Waals surface area contributed by atoms with Crippen LogP contribution in [-0.2, 0) is 9.53 Å². The Morgan fingerprint density at radius 3 is 2.75 bits per heavy atom. The Morgan fingerprint density at radius 1 is 1.55 bits per heavy atom. The van der Waals surface area contributed by atoms with Crippen LogP contribution in [-0.4, -0.2) is 36.2 Å². The number of ether oxygens (including phenoxy) is 1. The van der Waals surface area contributed by atoms with E-state index >= 15 is 0 Å². The molecule has 0 radical (unpaired) electrons. The Labute approximate surface area is 114 Å². The van der Waals surface area contributed by atoms with Gasteiger partial charge in [-0.2, -0.15) is 0 Å². The molecule has 0 aromatic heterocycles. The largest absolute Gasteiger partial charge is 0.478 e. The highest BCUT2D eigenvalue weighted by atomic mass is 19.1. The minimum Gasteiger partial charge on any atom is -0.478 e. The molecule has 1 aromatic rings. The van der Waals surface area contributed by atoms with Gasteiger partial charge in [0.05, 0.1) is 29.9 Å². The van der Waals surface area contributed by atoms with E-state index in [1.807, 2.05) is 0 Å². The monoisotopic (exact) mass is 282 g/mol. The minimum atomic E-state index is -1.24. The van der Waals surface area contributed by atoms with Crippen LogP contribution >= 0.6 is 0 Å². The second-order valence-electron chi connectivity index (χ2n) is 4.99. The molecular formula is C13H15FN2O4. The zero-order chi connectivity index (χ0) is 14.9. The van der Waals surface area contributed by atoms with E-state index in [0.29, 0.717) is 0 Å². The maximum absolute atomic E-state index is 13.7. The van der Waals surface area contributed by atoms with Gasteiger partial charge in [0.1, 0.15) is 5.82 Å². The molecule has 2 rings (SSSR count). The van der Waals surface area contributed by atoms with Crippen molar-refractivity contribution in [2.24, 2.45) is 11.1 Å². The van der Waals surface area contributed by atoms with Crippen LogP contribution in [0.1, 0.15) is 17.3 Å². The van der Waals surface area contributed by atoms with Gasteiger partial charge in [-0.1, -0.05) is 0 Å². The first-order valence-electron chi connectivity index (χ1n) is 6.02. The summed E-state index contributed by atoms with van der Waals surface area (Å²) in [6.45, 7) is 2.07. The van der Waals surface area contributed by atoms with Gasteiger partial charge in [-0.25, -0.2) is 9.18 Å². The van der Waals surface area contributed by atoms with Gasteiger partial charge in [0.25, 0.3) is 0 Å². The fourth-order valence-electron chi connectivity index (χ4n) is 1.94. The molecule has 108 valence electrons. The van der Waals surface area contributed by atoms with Crippen molar-refractivity contribution in [2.75, 3.05) is 18.5 Å². The number of hydrogen-bond donors (Lipinski definition) is 3. The zero-order valence-electron chi connectivity index (χ0n) is 10.9. The molecule has 4 N–H and O–H groups in total. The van der Waals surface area contributed by atoms with Crippen molar-refractivity contribution in [3.8, 4) is 0 Å². The van der Waals surface area contributed by atoms with Crippen molar-refractivity contribution in [3.05, 3.63) is 29.6 Å². The van der Waals surface area contributed by atoms with Crippen LogP contribution in [0, 0.1) is 11.2 Å². The van der Waals surface area contributed by atoms with Gasteiger partial charge in [-0.3, -0.25) is 4.79 Å². The average Bonchev–Trinajstić information content (AvgIpc) is 2.73. The van der Waals surface area contributed by atoms with Crippen molar-refractivity contribution in [1.29, 1.82) is 0 Å². The van der Waals surface area contributed by atoms with Gasteiger partial charge in [0.15, 0.2) is 0 Å². The Morgan fingerprint density at radius 2 is 2.25 bits per heavy atom. The van der Waals surface area contributed by atoms with Crippen molar-refractivity contribution in [3.63, 3.8) is 0 Å². The lowest BCUT2D eigenvalue weighted by atomic mass is 9.85. The number of aromatic carboxylic acids is 1. The molecule has 1 fully saturated rings. The Balaban J connectivity index is 2.18. The average molecular weight is 282 g/mol. The van der Waals surface area contributed by atoms with E-state index in [4.69, 9.17) is 15.6 Å². The number of carboxylic acid groups (broad SMARTS) is 1. The summed E-state index contributed by atoms with van der Waals surface area (Å²) in [5, 5.41) is 11.2. The summed E-state index contributed by atoms with van der Waals surface area (Å²) < 4.78 is 18.9. The first-order valence-corrected chi connectivity index (χ1v) is 6.02. The van der Waals surface area contributed by atoms with Crippen molar-refractivity contribution < 1.29 is 23.8 Å². The van der Waals surface area contributed by atoms with Crippen LogP contribution in [0.3, 0.4) is 0 Å². The SMILES string of the molecule is CC1(C(=O)Nc2ccc(C(=O)O)cc2F)COCC1N. The van der Waals surface area contributed by atoms with Crippen LogP contribution < -0.4 is 11.1 Å². The van der Waals surface area contributed by atoms with Gasteiger partial charge >= 0.3 is 5.97 Å². The minimum absolute atomic E-state index is 0.0830. The molecule has 1 aliphatic rings. The summed E-state index contributed by atoms with van der Waals surface area (Å²) >= 11 is 0. The normalized spacial score (nSPS) is 25.4. The van der Waals surface area contributed by atoms with Gasteiger partial charge in [-0.15, -0.1) is 0 Å². The number of carbonyl (C=O) groups excluding carboxylic acids is 1. The standard InChI is InChI=1S/C13H15FN2O4/c1-13(6-20-5-10(13)15)12(19)16-9-3-2-7(11(17)18)4-8(9)14/h2-4,10H,5-6,15H2,1H3,(H,16,19)(H,17,18). The molecule has 20 heavy (non-hydrogen) atoms. The number of hydrogen-bond acceptors (Lipinski definition) is 4. The predicted molar refractivity (Wildman–Crippen MR) is 68.9 cm³/mol. The molecule has 0 saturated carbocycles. The smallest absolute Gasteiger partial charge is 0.335 e. The first kappa shape index (κ1) is 14.4. The molecule has 0 spiro atoms. The fourth-order valence-corrected chi connectivity index (χ4v) is 1.94. The number of benzene rings is 1. The molecular weight excluding hydrogens is 267 g/mol. The van der Waals surface area contributed by atoms with Crippen LogP contribution in [0.2, 0.25) is 0 Å². The maximum Gasteiger partial charge on any atom is 0.335 e. The van der Waals surface area contributed by atoms with Crippen molar-refractivity contribution in [2.45, 2.75) is 13.0 Å². The van der Waals surface area contributed by atoms with E-state index in [1.54, 1.807) is 6.92 Å². The highest BCUT2D eigenvalue weighted by Crippen LogP contribution is 2.29. The number of nitrogens with one attached hydrogen (secondary N) is 1. The number of anilines is 1. The molecule has 2 unspecified atom stereocenters. The van der Waals surface area contributed by atoms with E-state index in [1.165, 1.54) is 12.1 Å². The van der Waals surface area contributed by atoms with Crippen molar-refractivity contribution in [1.82, 2.24) is 0 Å². The molecule has 1 aliphatic heterocycles. The molecule has 0 aliphatic carbocycles. The zero-order valence-corrected chi connectivity index (χ0v) is 10.9. The number of carboxylic acids is 1. The van der Waals surface area contributed by atoms with Crippen LogP contribution in [0.25, 0.3) is 0 Å². The Hall–Kier alpha value is -1.99. The second kappa shape index (κ2) is 5.18. The van der Waals surface area contributed by atoms with E-state index in [9.17, 15) is 14.0 Å². The van der Waals surface area contributed by atoms with Gasteiger partial charge in [-0.05, 0) is 25.1 Å². The predicted octanol–water partition coefficient (Wildman–Crippen LogP) is 0.826. The summed E-state index contributed by atoms with van der Waals surface area (Å²) in [5.74, 6) is -2.50. The third-order valence-electron chi connectivity index (χ3n) is 3.50. The van der Waals surface area contributed by atoms with Crippen LogP contribution in [0.4, 0.5) is 10.1 Å². The van der Waals surface area contributed by atoms with Gasteiger partial charge in [0.2, 0.25) is 5.91 Å². The number of amides is 1. The molecule has 0 bridgehead atoms. The molecule has 1 saturated heterocycles. The van der Waals surface area contributed by atoms with Crippen molar-refractivity contribution >= 4 is 17.6 Å². The Kier molecular flexibility index (Phi) is 3.74. The Bertz CT molecular complexity index is 563. The molecule has 2 atom stereocenters. The summed E-state index contributed by atoms with van der Waals surface area (Å²) in [5.41, 5.74) is 4.61. The number of rotatable bonds is 3. The van der Waals surface area contributed by atoms with E-state index in [-0.39, 0.29) is 24.5 Å².